The molecule has 0 fully saturated rings. The predicted molar refractivity (Wildman–Crippen MR) is 276 cm³/mol. The van der Waals surface area contributed by atoms with E-state index in [-0.39, 0.29) is 57.4 Å². The van der Waals surface area contributed by atoms with Crippen molar-refractivity contribution in [3.63, 3.8) is 0 Å². The summed E-state index contributed by atoms with van der Waals surface area (Å²) in [6.45, 7) is 17.1. The normalized spacial score (nSPS) is 16.2. The van der Waals surface area contributed by atoms with Gasteiger partial charge in [-0.25, -0.2) is 8.78 Å². The minimum absolute atomic E-state index is 0.0451. The van der Waals surface area contributed by atoms with Crippen molar-refractivity contribution in [2.24, 2.45) is 0 Å². The van der Waals surface area contributed by atoms with E-state index in [0.717, 1.165) is 22.5 Å². The van der Waals surface area contributed by atoms with E-state index in [2.05, 4.69) is 30.4 Å². The van der Waals surface area contributed by atoms with Crippen molar-refractivity contribution >= 4 is 23.2 Å². The third-order valence-electron chi connectivity index (χ3n) is 12.6. The molecule has 0 radical (unpaired) electrons. The molecule has 5 aliphatic heterocycles. The number of carbonyl (C=O) groups is 2. The van der Waals surface area contributed by atoms with Crippen LogP contribution in [0.5, 0.6) is 51.7 Å². The fraction of sp³-hybridized carbons (Fsp3) is 0.333. The number of benzene rings is 5. The van der Waals surface area contributed by atoms with Crippen LogP contribution in [0, 0.1) is 11.6 Å². The number of nitrogens with one attached hydrogen (secondary N) is 2. The number of ether oxygens (including phenoxy) is 11. The van der Waals surface area contributed by atoms with Gasteiger partial charge in [0.15, 0.2) is 34.5 Å². The predicted octanol–water partition coefficient (Wildman–Crippen LogP) is 8.33. The van der Waals surface area contributed by atoms with Crippen LogP contribution in [0.4, 0.5) is 20.2 Å². The highest BCUT2D eigenvalue weighted by Crippen LogP contribution is 2.57. The van der Waals surface area contributed by atoms with Crippen molar-refractivity contribution in [2.45, 2.75) is 69.5 Å². The Bertz CT molecular complexity index is 2980. The molecule has 0 aromatic heterocycles. The number of rotatable bonds is 19. The summed E-state index contributed by atoms with van der Waals surface area (Å²) >= 11 is 0. The Balaban J connectivity index is 0.000000198. The number of methoxy groups -OCH3 is 2. The van der Waals surface area contributed by atoms with Crippen LogP contribution in [-0.2, 0) is 30.3 Å². The molecule has 0 saturated heterocycles. The zero-order valence-corrected chi connectivity index (χ0v) is 43.1. The first-order valence-corrected chi connectivity index (χ1v) is 24.3. The number of hydrogen-bond donors (Lipinski definition) is 5. The summed E-state index contributed by atoms with van der Waals surface area (Å²) in [6.07, 6.45) is -1.13. The number of fused-ring (bicyclic) bond motifs is 5. The Morgan fingerprint density at radius 2 is 0.935 bits per heavy atom. The van der Waals surface area contributed by atoms with Crippen molar-refractivity contribution in [3.8, 4) is 51.7 Å². The van der Waals surface area contributed by atoms with Crippen LogP contribution in [-0.4, -0.2) is 99.9 Å². The fourth-order valence-electron chi connectivity index (χ4n) is 9.27. The second-order valence-corrected chi connectivity index (χ2v) is 18.9. The molecule has 0 aliphatic carbocycles. The highest BCUT2D eigenvalue weighted by Gasteiger charge is 2.54. The van der Waals surface area contributed by atoms with Gasteiger partial charge in [0.2, 0.25) is 26.3 Å². The van der Waals surface area contributed by atoms with Crippen LogP contribution in [0.3, 0.4) is 0 Å². The van der Waals surface area contributed by atoms with Gasteiger partial charge in [-0.15, -0.1) is 19.7 Å². The number of anilines is 2. The maximum atomic E-state index is 14.5. The van der Waals surface area contributed by atoms with Gasteiger partial charge >= 0.3 is 0 Å². The second-order valence-electron chi connectivity index (χ2n) is 18.9. The Hall–Kier alpha value is -7.88. The van der Waals surface area contributed by atoms with Gasteiger partial charge in [-0.2, -0.15) is 0 Å². The van der Waals surface area contributed by atoms with Crippen molar-refractivity contribution < 1.29 is 85.8 Å². The van der Waals surface area contributed by atoms with Crippen LogP contribution < -0.4 is 53.3 Å². The first-order valence-electron chi connectivity index (χ1n) is 24.3. The van der Waals surface area contributed by atoms with Crippen molar-refractivity contribution in [1.29, 1.82) is 0 Å². The van der Waals surface area contributed by atoms with Gasteiger partial charge < -0.3 is 78.1 Å². The Labute approximate surface area is 443 Å². The van der Waals surface area contributed by atoms with E-state index < -0.39 is 53.0 Å². The van der Waals surface area contributed by atoms with Crippen LogP contribution >= 0.6 is 0 Å². The number of aliphatic hydroxyl groups excluding tert-OH is 3. The van der Waals surface area contributed by atoms with Gasteiger partial charge in [-0.3, -0.25) is 9.59 Å². The average Bonchev–Trinajstić information content (AvgIpc) is 4.24. The minimum atomic E-state index is -1.71. The summed E-state index contributed by atoms with van der Waals surface area (Å²) in [4.78, 5) is 26.2. The van der Waals surface area contributed by atoms with Gasteiger partial charge in [0.05, 0.1) is 24.0 Å². The molecule has 408 valence electrons. The molecule has 0 spiro atoms. The van der Waals surface area contributed by atoms with E-state index in [4.69, 9.17) is 52.1 Å². The molecule has 20 heteroatoms. The third kappa shape index (κ3) is 11.9. The highest BCUT2D eigenvalue weighted by molar-refractivity contribution is 6.12. The molecule has 5 aromatic carbocycles. The van der Waals surface area contributed by atoms with Crippen LogP contribution in [0.25, 0.3) is 0 Å². The van der Waals surface area contributed by atoms with Gasteiger partial charge in [0, 0.05) is 60.4 Å². The number of aliphatic hydroxyl groups is 3. The summed E-state index contributed by atoms with van der Waals surface area (Å²) in [6, 6.07) is 19.8. The number of carbonyl (C=O) groups excluding carboxylic acids is 2. The maximum Gasteiger partial charge on any atom is 0.289 e. The van der Waals surface area contributed by atoms with E-state index >= 15 is 0 Å². The zero-order valence-electron chi connectivity index (χ0n) is 43.1. The molecular formula is C57H60F2N2O16. The largest absolute Gasteiger partial charge is 0.491 e. The molecule has 77 heavy (non-hydrogen) atoms. The zero-order chi connectivity index (χ0) is 55.2. The lowest BCUT2D eigenvalue weighted by molar-refractivity contribution is -0.207. The molecule has 5 heterocycles. The van der Waals surface area contributed by atoms with E-state index in [1.807, 2.05) is 6.92 Å². The first kappa shape index (κ1) is 55.4. The van der Waals surface area contributed by atoms with E-state index in [9.17, 15) is 33.7 Å². The van der Waals surface area contributed by atoms with Gasteiger partial charge in [-0.1, -0.05) is 22.8 Å². The molecule has 10 rings (SSSR count). The quantitative estimate of drug-likeness (QED) is 0.0388. The molecule has 5 aromatic rings. The lowest BCUT2D eigenvalue weighted by Gasteiger charge is -2.32. The van der Waals surface area contributed by atoms with Crippen molar-refractivity contribution in [1.82, 2.24) is 0 Å². The van der Waals surface area contributed by atoms with Gasteiger partial charge in [0.1, 0.15) is 54.1 Å². The summed E-state index contributed by atoms with van der Waals surface area (Å²) in [5.74, 6) is 0.615. The highest BCUT2D eigenvalue weighted by atomic mass is 19.1. The molecule has 3 atom stereocenters. The fourth-order valence-corrected chi connectivity index (χ4v) is 9.27. The summed E-state index contributed by atoms with van der Waals surface area (Å²) in [5, 5.41) is 36.3. The monoisotopic (exact) mass is 1070 g/mol. The van der Waals surface area contributed by atoms with E-state index in [0.29, 0.717) is 81.7 Å². The molecule has 5 N–H and O–H groups in total. The van der Waals surface area contributed by atoms with Crippen LogP contribution in [0.1, 0.15) is 62.3 Å². The third-order valence-corrected chi connectivity index (χ3v) is 12.6. The summed E-state index contributed by atoms with van der Waals surface area (Å²) < 4.78 is 88.7. The Kier molecular flexibility index (Phi) is 16.9. The molecule has 18 nitrogen and oxygen atoms in total. The number of hydrogen-bond acceptors (Lipinski definition) is 16. The molecule has 0 unspecified atom stereocenters. The molecule has 5 aliphatic rings. The van der Waals surface area contributed by atoms with Crippen LogP contribution in [0.15, 0.2) is 115 Å². The topological polar surface area (TPSA) is 220 Å². The lowest BCUT2D eigenvalue weighted by atomic mass is 9.69. The van der Waals surface area contributed by atoms with Crippen molar-refractivity contribution in [2.75, 3.05) is 65.1 Å². The van der Waals surface area contributed by atoms with Crippen molar-refractivity contribution in [3.05, 3.63) is 149 Å². The Morgan fingerprint density at radius 3 is 1.40 bits per heavy atom. The van der Waals surface area contributed by atoms with Crippen LogP contribution in [0.2, 0.25) is 0 Å². The maximum absolute atomic E-state index is 14.5. The minimum Gasteiger partial charge on any atom is -0.491 e. The van der Waals surface area contributed by atoms with Gasteiger partial charge in [-0.05, 0) is 94.6 Å². The van der Waals surface area contributed by atoms with Gasteiger partial charge in [0.25, 0.3) is 11.7 Å². The first-order chi connectivity index (χ1) is 36.8. The standard InChI is InChI=1S/C34H34FNO9.C13H16O4.C10H10FNO3/c1-18(2)7-21(37)14-40-27-12-31-29(42-16-44-31)10-24(27)34(23-6-5-20(35)9-26(23)36-33(34)39)25-11-30-32(45-17-43-30)13-28(25)41-15-22(38)8-19(3)4;1-9(2)5-10(14)7-15-11-3-4-12-13(6-11)17-8-16-12;1-14-10(15-2)7-4-3-6(11)5-8(7)12-9(10)13/h5-6,9-13,21-22,37-38H,1,3,7-8,14-17H2,2,4H3,(H,36,39);3-4,6,10,14H,1,5,7-8H2,2H3;3-5H,1-2H3,(H,12,13)/t21-,22-;10-;/m11./s1. The SMILES string of the molecule is C=C(C)C[C@@H](O)COc1cc2c(cc1C1(c3cc4c(cc3OC[C@H](O)CC(=C)C)OCO4)C(=O)Nc3cc(F)ccc31)OCO2.C=C(C)C[C@@H](O)COc1ccc2c(c1)OCO2.COC1(OC)C(=O)Nc2cc(F)ccc21. The smallest absolute Gasteiger partial charge is 0.289 e. The molecular weight excluding hydrogens is 1010 g/mol. The van der Waals surface area contributed by atoms with E-state index in [1.165, 1.54) is 50.6 Å². The number of amides is 2. The molecule has 0 saturated carbocycles. The Morgan fingerprint density at radius 1 is 0.532 bits per heavy atom. The summed E-state index contributed by atoms with van der Waals surface area (Å²) in [5.41, 5.74) is 2.93. The van der Waals surface area contributed by atoms with E-state index in [1.54, 1.807) is 56.3 Å². The lowest BCUT2D eigenvalue weighted by Crippen LogP contribution is -2.38. The average molecular weight is 1070 g/mol. The summed E-state index contributed by atoms with van der Waals surface area (Å²) in [7, 11) is 2.73. The number of halogens is 2. The molecule has 0 bridgehead atoms. The second kappa shape index (κ2) is 23.6. The molecule has 2 amide bonds.